The first-order valence-electron chi connectivity index (χ1n) is 23.2. The van der Waals surface area contributed by atoms with E-state index >= 15 is 0 Å². The van der Waals surface area contributed by atoms with E-state index in [9.17, 15) is 0 Å². The van der Waals surface area contributed by atoms with Crippen molar-refractivity contribution in [3.8, 4) is 62.5 Å². The molecule has 322 valence electrons. The molecular formula is C62H39N7. The molecule has 0 saturated heterocycles. The number of hydrogen-bond donors (Lipinski definition) is 0. The molecule has 0 saturated carbocycles. The van der Waals surface area contributed by atoms with E-state index in [1.54, 1.807) is 0 Å². The van der Waals surface area contributed by atoms with Crippen LogP contribution in [0.25, 0.3) is 128 Å². The number of benzene rings is 9. The molecule has 0 bridgehead atoms. The number of fused-ring (bicyclic) bond motifs is 9. The zero-order valence-corrected chi connectivity index (χ0v) is 37.1. The average Bonchev–Trinajstić information content (AvgIpc) is 4.07. The summed E-state index contributed by atoms with van der Waals surface area (Å²) in [6.07, 6.45) is 2.09. The van der Waals surface area contributed by atoms with E-state index in [1.807, 2.05) is 60.7 Å². The van der Waals surface area contributed by atoms with Crippen LogP contribution in [-0.4, -0.2) is 33.6 Å². The first kappa shape index (κ1) is 38.8. The van der Waals surface area contributed by atoms with E-state index in [0.29, 0.717) is 17.5 Å². The lowest BCUT2D eigenvalue weighted by molar-refractivity contribution is 1.01. The normalized spacial score (nSPS) is 11.8. The topological polar surface area (TPSA) is 66.3 Å². The van der Waals surface area contributed by atoms with E-state index < -0.39 is 0 Å². The second-order valence-corrected chi connectivity index (χ2v) is 17.4. The third-order valence-electron chi connectivity index (χ3n) is 13.6. The van der Waals surface area contributed by atoms with Crippen LogP contribution >= 0.6 is 0 Å². The number of para-hydroxylation sites is 6. The molecule has 0 unspecified atom stereocenters. The molecule has 0 aliphatic carbocycles. The van der Waals surface area contributed by atoms with Crippen molar-refractivity contribution in [2.75, 3.05) is 0 Å². The Bertz CT molecular complexity index is 4080. The van der Waals surface area contributed by atoms with Crippen molar-refractivity contribution < 1.29 is 0 Å². The Balaban J connectivity index is 1.12. The molecule has 0 N–H and O–H groups in total. The van der Waals surface area contributed by atoms with E-state index in [1.165, 1.54) is 32.3 Å². The highest BCUT2D eigenvalue weighted by Crippen LogP contribution is 2.45. The lowest BCUT2D eigenvalue weighted by Crippen LogP contribution is -2.11. The van der Waals surface area contributed by atoms with Crippen molar-refractivity contribution in [2.24, 2.45) is 0 Å². The molecule has 0 radical (unpaired) electrons. The fourth-order valence-electron chi connectivity index (χ4n) is 10.5. The summed E-state index contributed by atoms with van der Waals surface area (Å²) in [5, 5.41) is 7.03. The largest absolute Gasteiger partial charge is 0.307 e. The zero-order valence-electron chi connectivity index (χ0n) is 37.1. The summed E-state index contributed by atoms with van der Waals surface area (Å²) in [6, 6.07) is 81.2. The van der Waals surface area contributed by atoms with Crippen molar-refractivity contribution >= 4 is 65.4 Å². The van der Waals surface area contributed by atoms with Crippen molar-refractivity contribution in [1.29, 1.82) is 0 Å². The fraction of sp³-hybridized carbons (Fsp3) is 0. The Labute approximate surface area is 396 Å². The van der Waals surface area contributed by atoms with Crippen molar-refractivity contribution in [3.05, 3.63) is 237 Å². The summed E-state index contributed by atoms with van der Waals surface area (Å²) in [6.45, 7) is 0. The van der Waals surface area contributed by atoms with Gasteiger partial charge in [-0.3, -0.25) is 4.57 Å². The SMILES string of the molecule is c1ccc(-c2nc(-c3ccccc3)nc(-c3ccc(-c4c(-n5c6ccccc6c6ccccc65)cnc(-n5c6ccccc6c6ccccc65)c4-n4c5ccccc5c5ccccc54)cc3)n2)cc1. The molecule has 7 heteroatoms. The molecule has 69 heavy (non-hydrogen) atoms. The van der Waals surface area contributed by atoms with Crippen LogP contribution in [0.2, 0.25) is 0 Å². The molecule has 0 aliphatic heterocycles. The molecule has 14 rings (SSSR count). The van der Waals surface area contributed by atoms with Crippen molar-refractivity contribution in [1.82, 2.24) is 33.6 Å². The monoisotopic (exact) mass is 881 g/mol. The highest BCUT2D eigenvalue weighted by atomic mass is 15.1. The summed E-state index contributed by atoms with van der Waals surface area (Å²) in [4.78, 5) is 20.9. The molecule has 0 atom stereocenters. The average molecular weight is 882 g/mol. The highest BCUT2D eigenvalue weighted by molar-refractivity contribution is 6.14. The van der Waals surface area contributed by atoms with Crippen LogP contribution in [0.3, 0.4) is 0 Å². The molecule has 0 spiro atoms. The minimum atomic E-state index is 0.597. The van der Waals surface area contributed by atoms with Gasteiger partial charge in [-0.25, -0.2) is 19.9 Å². The number of hydrogen-bond acceptors (Lipinski definition) is 4. The van der Waals surface area contributed by atoms with Gasteiger partial charge in [-0.1, -0.05) is 194 Å². The molecule has 0 amide bonds. The minimum absolute atomic E-state index is 0.597. The molecule has 0 fully saturated rings. The highest BCUT2D eigenvalue weighted by Gasteiger charge is 2.28. The first-order valence-corrected chi connectivity index (χ1v) is 23.2. The predicted molar refractivity (Wildman–Crippen MR) is 282 cm³/mol. The van der Waals surface area contributed by atoms with Gasteiger partial charge in [0.1, 0.15) is 0 Å². The van der Waals surface area contributed by atoms with E-state index in [2.05, 4.69) is 190 Å². The van der Waals surface area contributed by atoms with Crippen LogP contribution in [0.15, 0.2) is 237 Å². The number of aromatic nitrogens is 7. The van der Waals surface area contributed by atoms with Gasteiger partial charge in [-0.2, -0.15) is 0 Å². The van der Waals surface area contributed by atoms with Gasteiger partial charge < -0.3 is 9.13 Å². The number of nitrogens with zero attached hydrogens (tertiary/aromatic N) is 7. The van der Waals surface area contributed by atoms with Gasteiger partial charge in [0.25, 0.3) is 0 Å². The lowest BCUT2D eigenvalue weighted by Gasteiger charge is -2.23. The van der Waals surface area contributed by atoms with Gasteiger partial charge in [-0.05, 0) is 42.0 Å². The van der Waals surface area contributed by atoms with Crippen molar-refractivity contribution in [2.45, 2.75) is 0 Å². The summed E-state index contributed by atoms with van der Waals surface area (Å²) >= 11 is 0. The second kappa shape index (κ2) is 15.6. The maximum absolute atomic E-state index is 5.68. The smallest absolute Gasteiger partial charge is 0.164 e. The van der Waals surface area contributed by atoms with E-state index in [-0.39, 0.29) is 0 Å². The first-order chi connectivity index (χ1) is 34.3. The van der Waals surface area contributed by atoms with Crippen LogP contribution in [0.5, 0.6) is 0 Å². The van der Waals surface area contributed by atoms with E-state index in [0.717, 1.165) is 78.1 Å². The van der Waals surface area contributed by atoms with Gasteiger partial charge in [0.05, 0.1) is 50.7 Å². The quantitative estimate of drug-likeness (QED) is 0.160. The fourth-order valence-corrected chi connectivity index (χ4v) is 10.5. The third kappa shape index (κ3) is 6.07. The van der Waals surface area contributed by atoms with Gasteiger partial charge >= 0.3 is 0 Å². The van der Waals surface area contributed by atoms with Crippen LogP contribution < -0.4 is 0 Å². The Morgan fingerprint density at radius 1 is 0.261 bits per heavy atom. The van der Waals surface area contributed by atoms with Crippen LogP contribution in [0.1, 0.15) is 0 Å². The molecular weight excluding hydrogens is 843 g/mol. The third-order valence-corrected chi connectivity index (χ3v) is 13.6. The Hall–Kier alpha value is -9.46. The molecule has 5 aromatic heterocycles. The predicted octanol–water partition coefficient (Wildman–Crippen LogP) is 15.2. The summed E-state index contributed by atoms with van der Waals surface area (Å²) in [5.41, 5.74) is 13.2. The van der Waals surface area contributed by atoms with Gasteiger partial charge in [0.15, 0.2) is 23.3 Å². The molecule has 9 aromatic carbocycles. The minimum Gasteiger partial charge on any atom is -0.307 e. The molecule has 0 aliphatic rings. The number of rotatable bonds is 7. The van der Waals surface area contributed by atoms with Gasteiger partial charge in [-0.15, -0.1) is 0 Å². The van der Waals surface area contributed by atoms with Crippen LogP contribution in [0.4, 0.5) is 0 Å². The van der Waals surface area contributed by atoms with Gasteiger partial charge in [0, 0.05) is 54.6 Å². The molecule has 5 heterocycles. The van der Waals surface area contributed by atoms with Crippen LogP contribution in [-0.2, 0) is 0 Å². The lowest BCUT2D eigenvalue weighted by atomic mass is 9.99. The zero-order chi connectivity index (χ0) is 45.4. The number of pyridine rings is 1. The summed E-state index contributed by atoms with van der Waals surface area (Å²) in [5.74, 6) is 2.66. The Morgan fingerprint density at radius 2 is 0.565 bits per heavy atom. The summed E-state index contributed by atoms with van der Waals surface area (Å²) < 4.78 is 7.21. The Kier molecular flexibility index (Phi) is 8.75. The van der Waals surface area contributed by atoms with Crippen LogP contribution in [0, 0.1) is 0 Å². The maximum Gasteiger partial charge on any atom is 0.164 e. The van der Waals surface area contributed by atoms with E-state index in [4.69, 9.17) is 19.9 Å². The summed E-state index contributed by atoms with van der Waals surface area (Å²) in [7, 11) is 0. The molecule has 7 nitrogen and oxygen atoms in total. The standard InChI is InChI=1S/C62H39N7/c1-3-19-41(20-4-1)59-64-60(42-21-5-2-6-22-42)66-61(65-59)43-37-35-40(36-38-43)57-56(67-50-29-13-7-23-44(50)45-24-8-14-30-51(45)67)39-63-62(69-54-33-17-11-27-48(54)49-28-12-18-34-55(49)69)58(57)68-52-31-15-9-25-46(52)47-26-10-16-32-53(47)68/h1-39H. The van der Waals surface area contributed by atoms with Gasteiger partial charge in [0.2, 0.25) is 0 Å². The van der Waals surface area contributed by atoms with Crippen molar-refractivity contribution in [3.63, 3.8) is 0 Å². The Morgan fingerprint density at radius 3 is 0.957 bits per heavy atom. The maximum atomic E-state index is 5.68. The molecule has 14 aromatic rings. The second-order valence-electron chi connectivity index (χ2n) is 17.4.